The molecule has 1 unspecified atom stereocenters. The van der Waals surface area contributed by atoms with Gasteiger partial charge in [0.05, 0.1) is 0 Å². The van der Waals surface area contributed by atoms with Crippen LogP contribution < -0.4 is 10.2 Å². The summed E-state index contributed by atoms with van der Waals surface area (Å²) in [5.41, 5.74) is 1.97. The number of rotatable bonds is 5. The van der Waals surface area contributed by atoms with Gasteiger partial charge in [0.1, 0.15) is 0 Å². The Labute approximate surface area is 116 Å². The molecule has 1 aliphatic rings. The van der Waals surface area contributed by atoms with Crippen LogP contribution in [-0.2, 0) is 0 Å². The molecule has 1 fully saturated rings. The lowest BCUT2D eigenvalue weighted by Crippen LogP contribution is -2.32. The molecule has 1 N–H and O–H groups in total. The van der Waals surface area contributed by atoms with Crippen molar-refractivity contribution in [3.8, 4) is 0 Å². The highest BCUT2D eigenvalue weighted by atomic mass is 16.1. The van der Waals surface area contributed by atoms with E-state index in [2.05, 4.69) is 17.3 Å². The molecule has 1 heterocycles. The lowest BCUT2D eigenvalue weighted by atomic mass is 9.96. The van der Waals surface area contributed by atoms with Crippen LogP contribution in [0.25, 0.3) is 0 Å². The molecule has 3 nitrogen and oxygen atoms in total. The second-order valence-electron chi connectivity index (χ2n) is 5.53. The maximum Gasteiger partial charge on any atom is 0.159 e. The number of nitrogens with zero attached hydrogens (tertiary/aromatic N) is 1. The maximum atomic E-state index is 11.2. The highest BCUT2D eigenvalue weighted by Gasteiger charge is 2.13. The van der Waals surface area contributed by atoms with Gasteiger partial charge in [0.2, 0.25) is 0 Å². The quantitative estimate of drug-likeness (QED) is 0.826. The zero-order chi connectivity index (χ0) is 13.7. The number of hydrogen-bond acceptors (Lipinski definition) is 3. The van der Waals surface area contributed by atoms with Crippen LogP contribution in [0.2, 0.25) is 0 Å². The number of carbonyl (C=O) groups excluding carboxylic acids is 1. The first-order valence-electron chi connectivity index (χ1n) is 7.19. The molecule has 0 amide bonds. The normalized spacial score (nSPS) is 19.2. The molecule has 3 heteroatoms. The van der Waals surface area contributed by atoms with E-state index in [1.54, 1.807) is 6.92 Å². The van der Waals surface area contributed by atoms with E-state index in [0.29, 0.717) is 0 Å². The number of Topliss-reactive ketones (excluding diaryl/α,β-unsaturated/α-hetero) is 1. The molecule has 0 radical (unpaired) electrons. The Balaban J connectivity index is 1.84. The number of hydrogen-bond donors (Lipinski definition) is 1. The highest BCUT2D eigenvalue weighted by Crippen LogP contribution is 2.18. The molecule has 1 atom stereocenters. The smallest absolute Gasteiger partial charge is 0.159 e. The van der Waals surface area contributed by atoms with E-state index in [0.717, 1.165) is 24.6 Å². The van der Waals surface area contributed by atoms with Gasteiger partial charge in [-0.3, -0.25) is 4.79 Å². The van der Waals surface area contributed by atoms with E-state index in [1.807, 2.05) is 24.3 Å². The SMILES string of the molecule is CC(=O)c1ccc(N(C)CCC2CCCNC2)cc1. The average Bonchev–Trinajstić information content (AvgIpc) is 2.46. The van der Waals surface area contributed by atoms with E-state index < -0.39 is 0 Å². The molecule has 0 spiro atoms. The van der Waals surface area contributed by atoms with Crippen molar-refractivity contribution in [2.24, 2.45) is 5.92 Å². The van der Waals surface area contributed by atoms with Crippen molar-refractivity contribution in [1.29, 1.82) is 0 Å². The summed E-state index contributed by atoms with van der Waals surface area (Å²) in [7, 11) is 2.12. The molecule has 2 rings (SSSR count). The lowest BCUT2D eigenvalue weighted by Gasteiger charge is -2.26. The Hall–Kier alpha value is -1.35. The summed E-state index contributed by atoms with van der Waals surface area (Å²) in [6.07, 6.45) is 3.89. The lowest BCUT2D eigenvalue weighted by molar-refractivity contribution is 0.101. The molecular weight excluding hydrogens is 236 g/mol. The van der Waals surface area contributed by atoms with Crippen LogP contribution in [0.4, 0.5) is 5.69 Å². The molecule has 0 aliphatic carbocycles. The van der Waals surface area contributed by atoms with Crippen LogP contribution in [0, 0.1) is 5.92 Å². The van der Waals surface area contributed by atoms with Crippen molar-refractivity contribution in [2.45, 2.75) is 26.2 Å². The van der Waals surface area contributed by atoms with Gasteiger partial charge in [0.15, 0.2) is 5.78 Å². The van der Waals surface area contributed by atoms with E-state index in [4.69, 9.17) is 0 Å². The third-order valence-electron chi connectivity index (χ3n) is 3.99. The first-order chi connectivity index (χ1) is 9.16. The fraction of sp³-hybridized carbons (Fsp3) is 0.562. The first kappa shape index (κ1) is 14.1. The van der Waals surface area contributed by atoms with Gasteiger partial charge in [0.25, 0.3) is 0 Å². The zero-order valence-electron chi connectivity index (χ0n) is 12.0. The molecule has 0 bridgehead atoms. The molecule has 0 aromatic heterocycles. The topological polar surface area (TPSA) is 32.3 Å². The Morgan fingerprint density at radius 3 is 2.68 bits per heavy atom. The van der Waals surface area contributed by atoms with Gasteiger partial charge in [-0.1, -0.05) is 0 Å². The predicted octanol–water partition coefficient (Wildman–Crippen LogP) is 2.72. The van der Waals surface area contributed by atoms with E-state index in [1.165, 1.54) is 31.5 Å². The van der Waals surface area contributed by atoms with Gasteiger partial charge >= 0.3 is 0 Å². The van der Waals surface area contributed by atoms with Crippen molar-refractivity contribution in [3.05, 3.63) is 29.8 Å². The maximum absolute atomic E-state index is 11.2. The Bertz CT molecular complexity index is 407. The average molecular weight is 260 g/mol. The third-order valence-corrected chi connectivity index (χ3v) is 3.99. The van der Waals surface area contributed by atoms with E-state index in [-0.39, 0.29) is 5.78 Å². The molecule has 19 heavy (non-hydrogen) atoms. The van der Waals surface area contributed by atoms with Crippen LogP contribution in [0.15, 0.2) is 24.3 Å². The number of nitrogens with one attached hydrogen (secondary N) is 1. The summed E-state index contributed by atoms with van der Waals surface area (Å²) in [4.78, 5) is 13.5. The van der Waals surface area contributed by atoms with Crippen molar-refractivity contribution in [3.63, 3.8) is 0 Å². The van der Waals surface area contributed by atoms with E-state index >= 15 is 0 Å². The number of carbonyl (C=O) groups is 1. The number of anilines is 1. The summed E-state index contributed by atoms with van der Waals surface area (Å²) in [6.45, 7) is 5.02. The summed E-state index contributed by atoms with van der Waals surface area (Å²) < 4.78 is 0. The minimum atomic E-state index is 0.127. The molecule has 1 aliphatic heterocycles. The molecule has 104 valence electrons. The van der Waals surface area contributed by atoms with Crippen LogP contribution in [0.1, 0.15) is 36.5 Å². The minimum absolute atomic E-state index is 0.127. The Morgan fingerprint density at radius 1 is 1.37 bits per heavy atom. The van der Waals surface area contributed by atoms with E-state index in [9.17, 15) is 4.79 Å². The van der Waals surface area contributed by atoms with Crippen LogP contribution in [0.5, 0.6) is 0 Å². The summed E-state index contributed by atoms with van der Waals surface area (Å²) in [5, 5.41) is 3.46. The number of benzene rings is 1. The van der Waals surface area contributed by atoms with Gasteiger partial charge in [-0.2, -0.15) is 0 Å². The Kier molecular flexibility index (Phi) is 4.97. The second-order valence-corrected chi connectivity index (χ2v) is 5.53. The van der Waals surface area contributed by atoms with Crippen LogP contribution in [-0.4, -0.2) is 32.5 Å². The first-order valence-corrected chi connectivity index (χ1v) is 7.19. The molecule has 0 saturated carbocycles. The standard InChI is InChI=1S/C16H24N2O/c1-13(19)15-5-7-16(8-6-15)18(2)11-9-14-4-3-10-17-12-14/h5-8,14,17H,3-4,9-12H2,1-2H3. The zero-order valence-corrected chi connectivity index (χ0v) is 12.0. The summed E-state index contributed by atoms with van der Waals surface area (Å²) in [5.74, 6) is 0.940. The minimum Gasteiger partial charge on any atom is -0.375 e. The fourth-order valence-electron chi connectivity index (χ4n) is 2.63. The number of ketones is 1. The van der Waals surface area contributed by atoms with Crippen molar-refractivity contribution in [2.75, 3.05) is 31.6 Å². The van der Waals surface area contributed by atoms with Crippen LogP contribution in [0.3, 0.4) is 0 Å². The summed E-state index contributed by atoms with van der Waals surface area (Å²) >= 11 is 0. The van der Waals surface area contributed by atoms with Gasteiger partial charge in [-0.15, -0.1) is 0 Å². The van der Waals surface area contributed by atoms with Gasteiger partial charge < -0.3 is 10.2 Å². The van der Waals surface area contributed by atoms with Gasteiger partial charge in [0, 0.05) is 24.8 Å². The van der Waals surface area contributed by atoms with Crippen molar-refractivity contribution >= 4 is 11.5 Å². The summed E-state index contributed by atoms with van der Waals surface area (Å²) in [6, 6.07) is 7.90. The number of piperidine rings is 1. The monoisotopic (exact) mass is 260 g/mol. The van der Waals surface area contributed by atoms with Crippen molar-refractivity contribution in [1.82, 2.24) is 5.32 Å². The molecular formula is C16H24N2O. The molecule has 1 saturated heterocycles. The predicted molar refractivity (Wildman–Crippen MR) is 79.9 cm³/mol. The van der Waals surface area contributed by atoms with Gasteiger partial charge in [-0.25, -0.2) is 0 Å². The van der Waals surface area contributed by atoms with Crippen molar-refractivity contribution < 1.29 is 4.79 Å². The van der Waals surface area contributed by atoms with Gasteiger partial charge in [-0.05, 0) is 69.5 Å². The second kappa shape index (κ2) is 6.71. The molecule has 1 aromatic rings. The Morgan fingerprint density at radius 2 is 2.11 bits per heavy atom. The fourth-order valence-corrected chi connectivity index (χ4v) is 2.63. The largest absolute Gasteiger partial charge is 0.375 e. The highest BCUT2D eigenvalue weighted by molar-refractivity contribution is 5.94. The third kappa shape index (κ3) is 4.06. The van der Waals surface area contributed by atoms with Crippen LogP contribution >= 0.6 is 0 Å². The molecule has 1 aromatic carbocycles.